The molecule has 2 saturated carbocycles. The van der Waals surface area contributed by atoms with Crippen molar-refractivity contribution in [3.63, 3.8) is 0 Å². The standard InChI is InChI=1S/C27H36BF5O4S/c1-16-13-20-18(15-22(16)28(35)36)14-17(24-19(20)8-10-25(2)21(24)6-7-23(25)34)5-3-11-38(37)12-4-9-26(29,30)27(31,32)33/h13,15,17,19,21,24,35-36H,3-12,14H2,1-2H3/t17-,19-,21+,24-,25+,38?/m1/s1. The Morgan fingerprint density at radius 1 is 1.11 bits per heavy atom. The summed E-state index contributed by atoms with van der Waals surface area (Å²) >= 11 is 0. The molecule has 38 heavy (non-hydrogen) atoms. The normalized spacial score (nSPS) is 30.0. The summed E-state index contributed by atoms with van der Waals surface area (Å²) in [5.74, 6) is -3.50. The SMILES string of the molecule is Cc1cc2c(cc1B(O)O)C[C@@H](CCCS(=O)CCCC(F)(F)C(F)(F)F)[C@@H]1[C@@H]2CC[C@]2(C)C(=O)CC[C@@H]12. The molecule has 1 unspecified atom stereocenters. The van der Waals surface area contributed by atoms with Crippen LogP contribution in [0.5, 0.6) is 0 Å². The predicted molar refractivity (Wildman–Crippen MR) is 137 cm³/mol. The summed E-state index contributed by atoms with van der Waals surface area (Å²) in [5, 5.41) is 19.7. The summed E-state index contributed by atoms with van der Waals surface area (Å²) in [5.41, 5.74) is 3.21. The lowest BCUT2D eigenvalue weighted by molar-refractivity contribution is -0.284. The molecule has 212 valence electrons. The van der Waals surface area contributed by atoms with E-state index in [9.17, 15) is 41.0 Å². The van der Waals surface area contributed by atoms with E-state index in [0.29, 0.717) is 36.9 Å². The van der Waals surface area contributed by atoms with Gasteiger partial charge in [0.25, 0.3) is 0 Å². The van der Waals surface area contributed by atoms with Gasteiger partial charge in [0.1, 0.15) is 5.78 Å². The van der Waals surface area contributed by atoms with E-state index in [-0.39, 0.29) is 40.6 Å². The van der Waals surface area contributed by atoms with Gasteiger partial charge in [-0.05, 0) is 92.1 Å². The van der Waals surface area contributed by atoms with Crippen molar-refractivity contribution in [3.05, 3.63) is 28.8 Å². The number of carbonyl (C=O) groups is 1. The predicted octanol–water partition coefficient (Wildman–Crippen LogP) is 4.83. The maximum absolute atomic E-state index is 13.1. The highest BCUT2D eigenvalue weighted by molar-refractivity contribution is 7.84. The first-order valence-electron chi connectivity index (χ1n) is 13.5. The molecule has 2 fully saturated rings. The summed E-state index contributed by atoms with van der Waals surface area (Å²) in [7, 11) is -3.07. The van der Waals surface area contributed by atoms with E-state index in [1.165, 1.54) is 5.56 Å². The van der Waals surface area contributed by atoms with Crippen LogP contribution in [-0.2, 0) is 22.0 Å². The number of Topliss-reactive ketones (excluding diaryl/α,β-unsaturated/α-hetero) is 1. The van der Waals surface area contributed by atoms with Crippen LogP contribution in [0.25, 0.3) is 0 Å². The summed E-state index contributed by atoms with van der Waals surface area (Å²) in [6, 6.07) is 3.92. The van der Waals surface area contributed by atoms with Crippen molar-refractivity contribution in [2.75, 3.05) is 11.5 Å². The Labute approximate surface area is 223 Å². The molecule has 2 N–H and O–H groups in total. The number of ketones is 1. The first kappa shape index (κ1) is 29.7. The highest BCUT2D eigenvalue weighted by atomic mass is 32.2. The maximum Gasteiger partial charge on any atom is 0.488 e. The van der Waals surface area contributed by atoms with E-state index in [1.807, 2.05) is 13.0 Å². The van der Waals surface area contributed by atoms with Gasteiger partial charge in [-0.15, -0.1) is 0 Å². The number of halogens is 5. The number of alkyl halides is 5. The van der Waals surface area contributed by atoms with Gasteiger partial charge in [-0.3, -0.25) is 9.00 Å². The molecule has 0 amide bonds. The van der Waals surface area contributed by atoms with E-state index in [0.717, 1.165) is 30.4 Å². The van der Waals surface area contributed by atoms with Crippen molar-refractivity contribution >= 4 is 29.2 Å². The summed E-state index contributed by atoms with van der Waals surface area (Å²) in [6.07, 6.45) is -2.37. The van der Waals surface area contributed by atoms with Gasteiger partial charge in [0.15, 0.2) is 0 Å². The molecule has 0 saturated heterocycles. The minimum Gasteiger partial charge on any atom is -0.423 e. The lowest BCUT2D eigenvalue weighted by atomic mass is 9.52. The molecular weight excluding hydrogens is 526 g/mol. The van der Waals surface area contributed by atoms with Crippen LogP contribution in [0.2, 0.25) is 0 Å². The maximum atomic E-state index is 13.1. The van der Waals surface area contributed by atoms with Crippen LogP contribution in [0.3, 0.4) is 0 Å². The molecule has 1 aromatic rings. The van der Waals surface area contributed by atoms with E-state index in [1.54, 1.807) is 0 Å². The molecule has 0 heterocycles. The van der Waals surface area contributed by atoms with Gasteiger partial charge in [0, 0.05) is 40.6 Å². The van der Waals surface area contributed by atoms with Crippen LogP contribution in [-0.4, -0.2) is 50.8 Å². The zero-order valence-electron chi connectivity index (χ0n) is 21.8. The average molecular weight is 562 g/mol. The average Bonchev–Trinajstić information content (AvgIpc) is 3.12. The van der Waals surface area contributed by atoms with Gasteiger partial charge in [-0.2, -0.15) is 22.0 Å². The van der Waals surface area contributed by atoms with Gasteiger partial charge in [0.2, 0.25) is 0 Å². The second kappa shape index (κ2) is 10.9. The fraction of sp³-hybridized carbons (Fsp3) is 0.741. The molecule has 1 aromatic carbocycles. The first-order chi connectivity index (χ1) is 17.7. The van der Waals surface area contributed by atoms with Gasteiger partial charge in [0.05, 0.1) is 0 Å². The first-order valence-corrected chi connectivity index (χ1v) is 15.0. The van der Waals surface area contributed by atoms with Gasteiger partial charge >= 0.3 is 19.2 Å². The third kappa shape index (κ3) is 5.62. The van der Waals surface area contributed by atoms with Crippen LogP contribution < -0.4 is 5.46 Å². The van der Waals surface area contributed by atoms with Crippen molar-refractivity contribution in [2.45, 2.75) is 89.7 Å². The van der Waals surface area contributed by atoms with Crippen LogP contribution in [0.4, 0.5) is 22.0 Å². The Hall–Kier alpha value is -1.33. The molecule has 0 bridgehead atoms. The Morgan fingerprint density at radius 3 is 2.45 bits per heavy atom. The summed E-state index contributed by atoms with van der Waals surface area (Å²) < 4.78 is 75.8. The topological polar surface area (TPSA) is 74.6 Å². The van der Waals surface area contributed by atoms with Crippen molar-refractivity contribution < 1.29 is 41.0 Å². The highest BCUT2D eigenvalue weighted by Crippen LogP contribution is 2.61. The number of carbonyl (C=O) groups excluding carboxylic acids is 1. The molecule has 4 rings (SSSR count). The molecule has 6 atom stereocenters. The van der Waals surface area contributed by atoms with E-state index in [2.05, 4.69) is 13.0 Å². The third-order valence-electron chi connectivity index (χ3n) is 9.50. The van der Waals surface area contributed by atoms with Crippen LogP contribution >= 0.6 is 0 Å². The zero-order chi connectivity index (χ0) is 28.0. The summed E-state index contributed by atoms with van der Waals surface area (Å²) in [6.45, 7) is 3.94. The van der Waals surface area contributed by atoms with Crippen molar-refractivity contribution in [2.24, 2.45) is 23.2 Å². The third-order valence-corrected chi connectivity index (χ3v) is 11.0. The van der Waals surface area contributed by atoms with Crippen LogP contribution in [0.1, 0.15) is 80.9 Å². The molecule has 4 nitrogen and oxygen atoms in total. The Kier molecular flexibility index (Phi) is 8.52. The second-order valence-electron chi connectivity index (χ2n) is 11.7. The number of hydrogen-bond donors (Lipinski definition) is 2. The molecule has 3 aliphatic rings. The highest BCUT2D eigenvalue weighted by Gasteiger charge is 2.57. The van der Waals surface area contributed by atoms with Gasteiger partial charge < -0.3 is 10.0 Å². The molecule has 3 aliphatic carbocycles. The molecule has 11 heteroatoms. The minimum atomic E-state index is -5.59. The number of hydrogen-bond acceptors (Lipinski definition) is 4. The molecule has 0 radical (unpaired) electrons. The quantitative estimate of drug-likeness (QED) is 0.334. The number of fused-ring (bicyclic) bond motifs is 5. The number of rotatable bonds is 9. The van der Waals surface area contributed by atoms with E-state index >= 15 is 0 Å². The number of benzene rings is 1. The number of aryl methyl sites for hydroxylation is 1. The fourth-order valence-electron chi connectivity index (χ4n) is 7.50. The smallest absolute Gasteiger partial charge is 0.423 e. The summed E-state index contributed by atoms with van der Waals surface area (Å²) in [4.78, 5) is 12.8. The monoisotopic (exact) mass is 562 g/mol. The molecular formula is C27H36BF5O4S. The minimum absolute atomic E-state index is 0.181. The van der Waals surface area contributed by atoms with Crippen molar-refractivity contribution in [1.82, 2.24) is 0 Å². The second-order valence-corrected chi connectivity index (χ2v) is 13.4. The lowest BCUT2D eigenvalue weighted by Crippen LogP contribution is -2.46. The van der Waals surface area contributed by atoms with Crippen LogP contribution in [0.15, 0.2) is 12.1 Å². The lowest BCUT2D eigenvalue weighted by Gasteiger charge is -2.52. The Balaban J connectivity index is 1.46. The molecule has 0 spiro atoms. The Bertz CT molecular complexity index is 1080. The Morgan fingerprint density at radius 2 is 1.79 bits per heavy atom. The van der Waals surface area contributed by atoms with Crippen LogP contribution in [0, 0.1) is 30.1 Å². The zero-order valence-corrected chi connectivity index (χ0v) is 22.6. The van der Waals surface area contributed by atoms with E-state index < -0.39 is 42.9 Å². The largest absolute Gasteiger partial charge is 0.488 e. The van der Waals surface area contributed by atoms with Crippen molar-refractivity contribution in [1.29, 1.82) is 0 Å². The van der Waals surface area contributed by atoms with Gasteiger partial charge in [-0.1, -0.05) is 24.6 Å². The molecule has 0 aliphatic heterocycles. The van der Waals surface area contributed by atoms with Crippen molar-refractivity contribution in [3.8, 4) is 0 Å². The van der Waals surface area contributed by atoms with E-state index in [4.69, 9.17) is 0 Å². The fourth-order valence-corrected chi connectivity index (χ4v) is 8.66. The molecule has 0 aromatic heterocycles. The van der Waals surface area contributed by atoms with Gasteiger partial charge in [-0.25, -0.2) is 0 Å².